The zero-order valence-corrected chi connectivity index (χ0v) is 10.2. The summed E-state index contributed by atoms with van der Waals surface area (Å²) < 4.78 is 10.8. The van der Waals surface area contributed by atoms with Gasteiger partial charge in [-0.15, -0.1) is 0 Å². The normalized spacial score (nSPS) is 29.4. The van der Waals surface area contributed by atoms with E-state index in [1.807, 2.05) is 20.8 Å². The van der Waals surface area contributed by atoms with Crippen molar-refractivity contribution < 1.29 is 14.3 Å². The second kappa shape index (κ2) is 3.77. The van der Waals surface area contributed by atoms with E-state index in [0.29, 0.717) is 13.2 Å². The summed E-state index contributed by atoms with van der Waals surface area (Å²) in [6.07, 6.45) is 0.591. The number of hydrogen-bond donors (Lipinski definition) is 0. The average molecular weight is 225 g/mol. The van der Waals surface area contributed by atoms with Gasteiger partial charge in [-0.25, -0.2) is 4.79 Å². The van der Waals surface area contributed by atoms with E-state index in [-0.39, 0.29) is 18.2 Å². The first-order chi connectivity index (χ1) is 7.38. The molecule has 0 aromatic heterocycles. The van der Waals surface area contributed by atoms with Gasteiger partial charge in [-0.2, -0.15) is 0 Å². The van der Waals surface area contributed by atoms with Crippen molar-refractivity contribution in [3.05, 3.63) is 12.2 Å². The fraction of sp³-hybridized carbons (Fsp3) is 0.750. The molecule has 2 atom stereocenters. The average Bonchev–Trinajstić information content (AvgIpc) is 2.31. The highest BCUT2D eigenvalue weighted by molar-refractivity contribution is 5.70. The van der Waals surface area contributed by atoms with Gasteiger partial charge in [-0.05, 0) is 27.2 Å². The van der Waals surface area contributed by atoms with Crippen LogP contribution in [0, 0.1) is 0 Å². The van der Waals surface area contributed by atoms with Crippen LogP contribution in [0.3, 0.4) is 0 Å². The second-order valence-corrected chi connectivity index (χ2v) is 5.46. The van der Waals surface area contributed by atoms with E-state index < -0.39 is 5.60 Å². The van der Waals surface area contributed by atoms with E-state index in [1.54, 1.807) is 4.90 Å². The van der Waals surface area contributed by atoms with Crippen LogP contribution in [-0.4, -0.2) is 41.9 Å². The summed E-state index contributed by atoms with van der Waals surface area (Å²) in [5, 5.41) is 0. The first kappa shape index (κ1) is 11.5. The first-order valence-corrected chi connectivity index (χ1v) is 5.65. The minimum atomic E-state index is -0.448. The summed E-state index contributed by atoms with van der Waals surface area (Å²) >= 11 is 0. The maximum absolute atomic E-state index is 12.0. The van der Waals surface area contributed by atoms with E-state index in [9.17, 15) is 4.79 Å². The van der Waals surface area contributed by atoms with E-state index >= 15 is 0 Å². The molecule has 0 aliphatic carbocycles. The summed E-state index contributed by atoms with van der Waals surface area (Å²) in [5.41, 5.74) is 0.629. The monoisotopic (exact) mass is 225 g/mol. The molecule has 2 fully saturated rings. The van der Waals surface area contributed by atoms with Crippen molar-refractivity contribution in [3.8, 4) is 0 Å². The largest absolute Gasteiger partial charge is 0.444 e. The van der Waals surface area contributed by atoms with Gasteiger partial charge >= 0.3 is 6.09 Å². The molecular weight excluding hydrogens is 206 g/mol. The van der Waals surface area contributed by atoms with Gasteiger partial charge in [0.15, 0.2) is 0 Å². The fourth-order valence-electron chi connectivity index (χ4n) is 2.23. The molecule has 2 aliphatic heterocycles. The maximum atomic E-state index is 12.0. The summed E-state index contributed by atoms with van der Waals surface area (Å²) in [7, 11) is 0. The first-order valence-electron chi connectivity index (χ1n) is 5.65. The van der Waals surface area contributed by atoms with Crippen LogP contribution < -0.4 is 0 Å². The number of fused-ring (bicyclic) bond motifs is 2. The summed E-state index contributed by atoms with van der Waals surface area (Å²) in [5.74, 6) is 0. The Labute approximate surface area is 96.2 Å². The summed E-state index contributed by atoms with van der Waals surface area (Å²) in [4.78, 5) is 13.8. The lowest BCUT2D eigenvalue weighted by Gasteiger charge is -2.35. The van der Waals surface area contributed by atoms with Crippen LogP contribution >= 0.6 is 0 Å². The van der Waals surface area contributed by atoms with Gasteiger partial charge in [0.05, 0.1) is 25.3 Å². The van der Waals surface area contributed by atoms with Crippen molar-refractivity contribution in [2.45, 2.75) is 44.9 Å². The summed E-state index contributed by atoms with van der Waals surface area (Å²) in [6, 6.07) is 0.120. The summed E-state index contributed by atoms with van der Waals surface area (Å²) in [6.45, 7) is 10.8. The highest BCUT2D eigenvalue weighted by atomic mass is 16.6. The number of ether oxygens (including phenoxy) is 2. The van der Waals surface area contributed by atoms with Crippen molar-refractivity contribution >= 4 is 6.09 Å². The van der Waals surface area contributed by atoms with Crippen molar-refractivity contribution in [2.75, 3.05) is 13.2 Å². The van der Waals surface area contributed by atoms with Crippen molar-refractivity contribution in [3.63, 3.8) is 0 Å². The lowest BCUT2D eigenvalue weighted by molar-refractivity contribution is -0.0340. The van der Waals surface area contributed by atoms with Gasteiger partial charge in [0.1, 0.15) is 5.60 Å². The SMILES string of the molecule is C=C1CC2COCC1N2C(=O)OC(C)(C)C. The van der Waals surface area contributed by atoms with Crippen molar-refractivity contribution in [1.82, 2.24) is 4.90 Å². The highest BCUT2D eigenvalue weighted by Gasteiger charge is 2.44. The zero-order valence-electron chi connectivity index (χ0n) is 10.2. The van der Waals surface area contributed by atoms with E-state index in [4.69, 9.17) is 9.47 Å². The standard InChI is InChI=1S/C12H19NO3/c1-8-5-9-6-15-7-10(8)13(9)11(14)16-12(2,3)4/h9-10H,1,5-7H2,2-4H3. The Morgan fingerprint density at radius 3 is 2.75 bits per heavy atom. The number of rotatable bonds is 0. The highest BCUT2D eigenvalue weighted by Crippen LogP contribution is 2.33. The molecule has 90 valence electrons. The quantitative estimate of drug-likeness (QED) is 0.591. The van der Waals surface area contributed by atoms with Gasteiger partial charge in [0, 0.05) is 0 Å². The second-order valence-electron chi connectivity index (χ2n) is 5.46. The minimum absolute atomic E-state index is 0.00796. The molecule has 0 N–H and O–H groups in total. The van der Waals surface area contributed by atoms with E-state index in [0.717, 1.165) is 12.0 Å². The molecule has 0 aromatic carbocycles. The molecule has 2 rings (SSSR count). The molecule has 2 aliphatic rings. The molecule has 0 radical (unpaired) electrons. The maximum Gasteiger partial charge on any atom is 0.411 e. The molecule has 4 heteroatoms. The zero-order chi connectivity index (χ0) is 11.9. The molecule has 2 heterocycles. The van der Waals surface area contributed by atoms with Gasteiger partial charge in [-0.3, -0.25) is 4.90 Å². The Bertz CT molecular complexity index is 319. The molecule has 4 nitrogen and oxygen atoms in total. The van der Waals surface area contributed by atoms with Crippen LogP contribution in [0.2, 0.25) is 0 Å². The molecule has 0 aromatic rings. The third-order valence-corrected chi connectivity index (χ3v) is 2.89. The Morgan fingerprint density at radius 1 is 1.50 bits per heavy atom. The molecule has 2 saturated heterocycles. The van der Waals surface area contributed by atoms with Crippen LogP contribution in [0.5, 0.6) is 0 Å². The Kier molecular flexibility index (Phi) is 2.70. The fourth-order valence-corrected chi connectivity index (χ4v) is 2.23. The van der Waals surface area contributed by atoms with Crippen LogP contribution in [0.1, 0.15) is 27.2 Å². The topological polar surface area (TPSA) is 38.8 Å². The van der Waals surface area contributed by atoms with Crippen LogP contribution in [0.15, 0.2) is 12.2 Å². The van der Waals surface area contributed by atoms with Crippen molar-refractivity contribution in [1.29, 1.82) is 0 Å². The van der Waals surface area contributed by atoms with Gasteiger partial charge in [0.2, 0.25) is 0 Å². The van der Waals surface area contributed by atoms with E-state index in [2.05, 4.69) is 6.58 Å². The number of amides is 1. The number of nitrogens with zero attached hydrogens (tertiary/aromatic N) is 1. The predicted molar refractivity (Wildman–Crippen MR) is 60.2 cm³/mol. The molecule has 0 spiro atoms. The van der Waals surface area contributed by atoms with Gasteiger partial charge in [0.25, 0.3) is 0 Å². The third-order valence-electron chi connectivity index (χ3n) is 2.89. The number of carbonyl (C=O) groups is 1. The molecule has 2 bridgehead atoms. The Morgan fingerprint density at radius 2 is 2.19 bits per heavy atom. The Balaban J connectivity index is 2.10. The predicted octanol–water partition coefficient (Wildman–Crippen LogP) is 1.95. The number of carbonyl (C=O) groups excluding carboxylic acids is 1. The molecule has 0 saturated carbocycles. The lowest BCUT2D eigenvalue weighted by Crippen LogP contribution is -2.50. The van der Waals surface area contributed by atoms with E-state index in [1.165, 1.54) is 0 Å². The molecule has 1 amide bonds. The molecule has 16 heavy (non-hydrogen) atoms. The van der Waals surface area contributed by atoms with Crippen LogP contribution in [-0.2, 0) is 9.47 Å². The van der Waals surface area contributed by atoms with Crippen molar-refractivity contribution in [2.24, 2.45) is 0 Å². The number of morpholine rings is 1. The minimum Gasteiger partial charge on any atom is -0.444 e. The van der Waals surface area contributed by atoms with Crippen LogP contribution in [0.4, 0.5) is 4.79 Å². The van der Waals surface area contributed by atoms with Crippen LogP contribution in [0.25, 0.3) is 0 Å². The lowest BCUT2D eigenvalue weighted by atomic mass is 10.1. The Hall–Kier alpha value is -1.03. The smallest absolute Gasteiger partial charge is 0.411 e. The third kappa shape index (κ3) is 2.07. The van der Waals surface area contributed by atoms with Gasteiger partial charge in [-0.1, -0.05) is 12.2 Å². The molecule has 2 unspecified atom stereocenters. The molecular formula is C12H19NO3. The van der Waals surface area contributed by atoms with Gasteiger partial charge < -0.3 is 9.47 Å². The number of hydrogen-bond acceptors (Lipinski definition) is 3.